The Kier molecular flexibility index (Phi) is 4.19. The van der Waals surface area contributed by atoms with E-state index in [9.17, 15) is 4.79 Å². The van der Waals surface area contributed by atoms with Crippen LogP contribution >= 0.6 is 22.6 Å². The van der Waals surface area contributed by atoms with E-state index in [0.29, 0.717) is 21.5 Å². The minimum atomic E-state index is 0.0720. The SMILES string of the molecule is COc1cc(OC)cc(C(=O)CI)c1. The van der Waals surface area contributed by atoms with E-state index in [1.54, 1.807) is 32.4 Å². The molecule has 0 atom stereocenters. The summed E-state index contributed by atoms with van der Waals surface area (Å²) in [6, 6.07) is 5.16. The van der Waals surface area contributed by atoms with Crippen molar-refractivity contribution in [3.05, 3.63) is 23.8 Å². The third-order valence-corrected chi connectivity index (χ3v) is 2.49. The summed E-state index contributed by atoms with van der Waals surface area (Å²) in [5.74, 6) is 1.35. The van der Waals surface area contributed by atoms with Crippen molar-refractivity contribution in [1.82, 2.24) is 0 Å². The highest BCUT2D eigenvalue weighted by Crippen LogP contribution is 2.22. The minimum Gasteiger partial charge on any atom is -0.497 e. The molecule has 0 N–H and O–H groups in total. The number of ether oxygens (including phenoxy) is 2. The van der Waals surface area contributed by atoms with Gasteiger partial charge in [0.1, 0.15) is 11.5 Å². The lowest BCUT2D eigenvalue weighted by Gasteiger charge is -2.06. The minimum absolute atomic E-state index is 0.0720. The molecular formula is C10H11IO3. The molecular weight excluding hydrogens is 295 g/mol. The second kappa shape index (κ2) is 5.19. The summed E-state index contributed by atoms with van der Waals surface area (Å²) in [5, 5.41) is 0. The van der Waals surface area contributed by atoms with Crippen LogP contribution in [0.15, 0.2) is 18.2 Å². The summed E-state index contributed by atoms with van der Waals surface area (Å²) in [6.45, 7) is 0. The van der Waals surface area contributed by atoms with Crippen LogP contribution in [-0.4, -0.2) is 24.4 Å². The summed E-state index contributed by atoms with van der Waals surface area (Å²) < 4.78 is 10.6. The van der Waals surface area contributed by atoms with E-state index in [1.165, 1.54) is 0 Å². The smallest absolute Gasteiger partial charge is 0.172 e. The van der Waals surface area contributed by atoms with Gasteiger partial charge in [-0.2, -0.15) is 0 Å². The molecule has 0 aliphatic heterocycles. The molecule has 0 aliphatic carbocycles. The Morgan fingerprint density at radius 3 is 2.07 bits per heavy atom. The van der Waals surface area contributed by atoms with Crippen LogP contribution in [-0.2, 0) is 0 Å². The zero-order chi connectivity index (χ0) is 10.6. The Hall–Kier alpha value is -0.780. The second-order valence-corrected chi connectivity index (χ2v) is 3.42. The van der Waals surface area contributed by atoms with Gasteiger partial charge in [0.2, 0.25) is 0 Å². The number of hydrogen-bond acceptors (Lipinski definition) is 3. The Bertz CT molecular complexity index is 314. The van der Waals surface area contributed by atoms with Gasteiger partial charge >= 0.3 is 0 Å². The van der Waals surface area contributed by atoms with Crippen LogP contribution in [0.4, 0.5) is 0 Å². The van der Waals surface area contributed by atoms with Gasteiger partial charge in [0.15, 0.2) is 5.78 Å². The summed E-state index contributed by atoms with van der Waals surface area (Å²) in [4.78, 5) is 11.4. The maximum atomic E-state index is 11.4. The molecule has 0 fully saturated rings. The maximum Gasteiger partial charge on any atom is 0.172 e. The summed E-state index contributed by atoms with van der Waals surface area (Å²) in [5.41, 5.74) is 0.621. The highest BCUT2D eigenvalue weighted by Gasteiger charge is 2.07. The Morgan fingerprint density at radius 2 is 1.71 bits per heavy atom. The fourth-order valence-corrected chi connectivity index (χ4v) is 1.49. The lowest BCUT2D eigenvalue weighted by Crippen LogP contribution is -2.01. The molecule has 0 aromatic heterocycles. The molecule has 0 unspecified atom stereocenters. The summed E-state index contributed by atoms with van der Waals surface area (Å²) in [7, 11) is 3.13. The van der Waals surface area contributed by atoms with Crippen molar-refractivity contribution in [2.75, 3.05) is 18.6 Å². The van der Waals surface area contributed by atoms with Crippen LogP contribution in [0, 0.1) is 0 Å². The quantitative estimate of drug-likeness (QED) is 0.486. The largest absolute Gasteiger partial charge is 0.497 e. The predicted molar refractivity (Wildman–Crippen MR) is 62.8 cm³/mol. The average Bonchev–Trinajstić information content (AvgIpc) is 2.27. The van der Waals surface area contributed by atoms with E-state index in [-0.39, 0.29) is 5.78 Å². The normalized spacial score (nSPS) is 9.64. The van der Waals surface area contributed by atoms with E-state index in [0.717, 1.165) is 0 Å². The molecule has 0 spiro atoms. The first kappa shape index (κ1) is 11.3. The molecule has 0 heterocycles. The number of hydrogen-bond donors (Lipinski definition) is 0. The van der Waals surface area contributed by atoms with Crippen molar-refractivity contribution in [1.29, 1.82) is 0 Å². The number of carbonyl (C=O) groups excluding carboxylic acids is 1. The van der Waals surface area contributed by atoms with Crippen LogP contribution in [0.2, 0.25) is 0 Å². The van der Waals surface area contributed by atoms with E-state index in [1.807, 2.05) is 22.6 Å². The predicted octanol–water partition coefficient (Wildman–Crippen LogP) is 2.32. The van der Waals surface area contributed by atoms with Crippen LogP contribution < -0.4 is 9.47 Å². The number of carbonyl (C=O) groups is 1. The number of rotatable bonds is 4. The molecule has 14 heavy (non-hydrogen) atoms. The first-order valence-corrected chi connectivity index (χ1v) is 5.56. The summed E-state index contributed by atoms with van der Waals surface area (Å²) in [6.07, 6.45) is 0. The Morgan fingerprint density at radius 1 is 1.21 bits per heavy atom. The van der Waals surface area contributed by atoms with Gasteiger partial charge < -0.3 is 9.47 Å². The van der Waals surface area contributed by atoms with E-state index >= 15 is 0 Å². The molecule has 76 valence electrons. The monoisotopic (exact) mass is 306 g/mol. The fraction of sp³-hybridized carbons (Fsp3) is 0.300. The van der Waals surface area contributed by atoms with Crippen molar-refractivity contribution in [2.24, 2.45) is 0 Å². The van der Waals surface area contributed by atoms with Crippen LogP contribution in [0.25, 0.3) is 0 Å². The van der Waals surface area contributed by atoms with Gasteiger partial charge in [-0.3, -0.25) is 4.79 Å². The van der Waals surface area contributed by atoms with Crippen molar-refractivity contribution in [2.45, 2.75) is 0 Å². The van der Waals surface area contributed by atoms with Crippen LogP contribution in [0.5, 0.6) is 11.5 Å². The van der Waals surface area contributed by atoms with Gasteiger partial charge in [0.25, 0.3) is 0 Å². The molecule has 1 aromatic rings. The van der Waals surface area contributed by atoms with E-state index in [2.05, 4.69) is 0 Å². The van der Waals surface area contributed by atoms with Crippen LogP contribution in [0.3, 0.4) is 0 Å². The molecule has 0 amide bonds. The number of Topliss-reactive ketones (excluding diaryl/α,β-unsaturated/α-hetero) is 1. The number of methoxy groups -OCH3 is 2. The lowest BCUT2D eigenvalue weighted by molar-refractivity contribution is 0.102. The van der Waals surface area contributed by atoms with E-state index < -0.39 is 0 Å². The van der Waals surface area contributed by atoms with Gasteiger partial charge in [-0.1, -0.05) is 22.6 Å². The average molecular weight is 306 g/mol. The molecule has 0 aliphatic rings. The first-order valence-electron chi connectivity index (χ1n) is 4.03. The molecule has 0 bridgehead atoms. The van der Waals surface area contributed by atoms with Gasteiger partial charge in [0, 0.05) is 11.6 Å². The first-order chi connectivity index (χ1) is 6.71. The number of alkyl halides is 1. The van der Waals surface area contributed by atoms with Crippen LogP contribution in [0.1, 0.15) is 10.4 Å². The number of halogens is 1. The maximum absolute atomic E-state index is 11.4. The molecule has 1 aromatic carbocycles. The topological polar surface area (TPSA) is 35.5 Å². The molecule has 4 heteroatoms. The van der Waals surface area contributed by atoms with Crippen molar-refractivity contribution in [3.8, 4) is 11.5 Å². The zero-order valence-corrected chi connectivity index (χ0v) is 10.2. The zero-order valence-electron chi connectivity index (χ0n) is 8.04. The van der Waals surface area contributed by atoms with Gasteiger partial charge in [-0.15, -0.1) is 0 Å². The third-order valence-electron chi connectivity index (χ3n) is 1.79. The van der Waals surface area contributed by atoms with Gasteiger partial charge in [-0.25, -0.2) is 0 Å². The van der Waals surface area contributed by atoms with Gasteiger partial charge in [-0.05, 0) is 12.1 Å². The highest BCUT2D eigenvalue weighted by atomic mass is 127. The number of ketones is 1. The molecule has 0 saturated carbocycles. The van der Waals surface area contributed by atoms with Crippen molar-refractivity contribution >= 4 is 28.4 Å². The molecule has 3 nitrogen and oxygen atoms in total. The Labute approximate surface area is 96.5 Å². The second-order valence-electron chi connectivity index (χ2n) is 2.66. The van der Waals surface area contributed by atoms with Crippen molar-refractivity contribution < 1.29 is 14.3 Å². The third kappa shape index (κ3) is 2.60. The van der Waals surface area contributed by atoms with Gasteiger partial charge in [0.05, 0.1) is 18.6 Å². The Balaban J connectivity index is 3.10. The fourth-order valence-electron chi connectivity index (χ4n) is 1.05. The summed E-state index contributed by atoms with van der Waals surface area (Å²) >= 11 is 2.03. The lowest BCUT2D eigenvalue weighted by atomic mass is 10.1. The number of benzene rings is 1. The standard InChI is InChI=1S/C10H11IO3/c1-13-8-3-7(10(12)6-11)4-9(5-8)14-2/h3-5H,6H2,1-2H3. The van der Waals surface area contributed by atoms with Crippen molar-refractivity contribution in [3.63, 3.8) is 0 Å². The van der Waals surface area contributed by atoms with E-state index in [4.69, 9.17) is 9.47 Å². The molecule has 1 rings (SSSR count). The molecule has 0 saturated heterocycles. The highest BCUT2D eigenvalue weighted by molar-refractivity contribution is 14.1. The molecule has 0 radical (unpaired) electrons.